The Balaban J connectivity index is 0.000000377. The van der Waals surface area contributed by atoms with Crippen LogP contribution in [0.3, 0.4) is 0 Å². The highest BCUT2D eigenvalue weighted by atomic mass is 35.5. The van der Waals surface area contributed by atoms with E-state index in [4.69, 9.17) is 23.2 Å². The molecule has 1 N–H and O–H groups in total. The molecule has 0 aliphatic heterocycles. The smallest absolute Gasteiger partial charge is 0.273 e. The van der Waals surface area contributed by atoms with Crippen LogP contribution in [-0.4, -0.2) is 22.1 Å². The van der Waals surface area contributed by atoms with Gasteiger partial charge < -0.3 is 0 Å². The average Bonchev–Trinajstić information content (AvgIpc) is 1.18. The van der Waals surface area contributed by atoms with Crippen LogP contribution < -0.4 is 21.9 Å². The normalized spacial score (nSPS) is 14.3. The van der Waals surface area contributed by atoms with Gasteiger partial charge in [-0.2, -0.15) is 127 Å². The SMILES string of the molecule is CC(C)(C)C1=CC(=C(c2ccccc2)c2ccccc2)C=C(C(C)(C)C)C1=[OH+].ClCCl.FC(F)(F)c1cc([B-](c2cc(C(F)(F)F)cc(C(F)(F)F)c2)(c2cc(C(F)(F)F)cc(C(F)(F)F)c2)c2cc(C(F)(F)F)cc(C(F)(F)F)c2)cc(C(F)(F)F)c1. The minimum Gasteiger partial charge on any atom is -0.273 e. The summed E-state index contributed by atoms with van der Waals surface area (Å²) in [4.78, 5) is 11.1. The average molecular weight is 1320 g/mol. The molecule has 0 saturated heterocycles. The minimum atomic E-state index is -6.13. The first-order chi connectivity index (χ1) is 39.8. The van der Waals surface area contributed by atoms with E-state index in [1.807, 2.05) is 12.1 Å². The van der Waals surface area contributed by atoms with Gasteiger partial charge in [0.25, 0.3) is 0 Å². The summed E-state index contributed by atoms with van der Waals surface area (Å²) in [5, 5.41) is 0.194. The highest BCUT2D eigenvalue weighted by molar-refractivity contribution is 7.20. The number of hydrogen-bond donors (Lipinski definition) is 0. The predicted octanol–water partition coefficient (Wildman–Crippen LogP) is 19.6. The van der Waals surface area contributed by atoms with Crippen LogP contribution in [0.25, 0.3) is 5.57 Å². The summed E-state index contributed by atoms with van der Waals surface area (Å²) in [6.45, 7) is 12.9. The molecule has 6 aromatic carbocycles. The summed E-state index contributed by atoms with van der Waals surface area (Å²) in [6.07, 6.45) is -50.5. The molecule has 0 unspecified atom stereocenters. The second-order valence-corrected chi connectivity index (χ2v) is 22.7. The van der Waals surface area contributed by atoms with Gasteiger partial charge in [-0.3, -0.25) is 4.79 Å². The van der Waals surface area contributed by atoms with Crippen LogP contribution >= 0.6 is 23.2 Å². The quantitative estimate of drug-likeness (QED) is 0.0686. The fourth-order valence-electron chi connectivity index (χ4n) is 9.70. The van der Waals surface area contributed by atoms with Gasteiger partial charge in [0, 0.05) is 0 Å². The molecule has 0 aromatic heterocycles. The van der Waals surface area contributed by atoms with E-state index >= 15 is 0 Å². The fourth-order valence-corrected chi connectivity index (χ4v) is 9.70. The van der Waals surface area contributed by atoms with Crippen LogP contribution in [0.15, 0.2) is 162 Å². The summed E-state index contributed by atoms with van der Waals surface area (Å²) in [6, 6.07) is 12.2. The third-order valence-corrected chi connectivity index (χ3v) is 13.6. The zero-order valence-electron chi connectivity index (χ0n) is 45.9. The molecule has 88 heavy (non-hydrogen) atoms. The molecule has 0 fully saturated rings. The Hall–Kier alpha value is -6.83. The molecule has 0 radical (unpaired) electrons. The van der Waals surface area contributed by atoms with Crippen molar-refractivity contribution in [1.82, 2.24) is 0 Å². The van der Waals surface area contributed by atoms with Crippen molar-refractivity contribution in [3.63, 3.8) is 0 Å². The maximum atomic E-state index is 14.2. The summed E-state index contributed by atoms with van der Waals surface area (Å²) >= 11 is 9.53. The highest BCUT2D eigenvalue weighted by Crippen LogP contribution is 2.44. The van der Waals surface area contributed by atoms with Gasteiger partial charge in [0.15, 0.2) is 0 Å². The molecule has 476 valence electrons. The van der Waals surface area contributed by atoms with Crippen LogP contribution in [0.1, 0.15) is 97.2 Å². The van der Waals surface area contributed by atoms with E-state index in [0.717, 1.165) is 16.7 Å². The Labute approximate surface area is 496 Å². The zero-order valence-corrected chi connectivity index (χ0v) is 47.4. The van der Waals surface area contributed by atoms with Crippen molar-refractivity contribution in [2.75, 3.05) is 5.34 Å². The van der Waals surface area contributed by atoms with Gasteiger partial charge >= 0.3 is 55.2 Å². The van der Waals surface area contributed by atoms with Gasteiger partial charge in [-0.15, -0.1) is 23.2 Å². The Bertz CT molecular complexity index is 3070. The Kier molecular flexibility index (Phi) is 20.6. The predicted molar refractivity (Wildman–Crippen MR) is 288 cm³/mol. The molecule has 0 atom stereocenters. The van der Waals surface area contributed by atoms with Crippen LogP contribution in [0.4, 0.5) is 105 Å². The van der Waals surface area contributed by atoms with Gasteiger partial charge in [0.1, 0.15) is 6.15 Å². The molecule has 6 aromatic rings. The van der Waals surface area contributed by atoms with Crippen molar-refractivity contribution in [2.45, 2.75) is 91.0 Å². The van der Waals surface area contributed by atoms with Crippen molar-refractivity contribution in [3.05, 3.63) is 218 Å². The van der Waals surface area contributed by atoms with Crippen molar-refractivity contribution < 1.29 is 110 Å². The van der Waals surface area contributed by atoms with Crippen molar-refractivity contribution in [1.29, 1.82) is 0 Å². The number of alkyl halides is 26. The first-order valence-electron chi connectivity index (χ1n) is 25.1. The molecule has 0 saturated carbocycles. The highest BCUT2D eigenvalue weighted by Gasteiger charge is 2.48. The number of allylic oxidation sites excluding steroid dienone is 5. The third kappa shape index (κ3) is 16.9. The molecule has 0 spiro atoms. The number of carbonyl (C=O) groups excluding carboxylic acids is 1. The number of rotatable bonds is 6. The Morgan fingerprint density at radius 1 is 0.330 bits per heavy atom. The lowest BCUT2D eigenvalue weighted by Crippen LogP contribution is -2.75. The van der Waals surface area contributed by atoms with E-state index in [0.29, 0.717) is 5.78 Å². The van der Waals surface area contributed by atoms with Gasteiger partial charge in [-0.25, -0.2) is 0 Å². The minimum absolute atomic E-state index is 0.154. The largest absolute Gasteiger partial charge is 0.416 e. The van der Waals surface area contributed by atoms with Gasteiger partial charge in [-0.05, 0) is 69.5 Å². The van der Waals surface area contributed by atoms with Gasteiger partial charge in [-0.1, -0.05) is 151 Å². The summed E-state index contributed by atoms with van der Waals surface area (Å²) in [5.74, 6) is 0.421. The van der Waals surface area contributed by atoms with E-state index < -0.39 is 195 Å². The topological polar surface area (TPSA) is 21.4 Å². The van der Waals surface area contributed by atoms with Crippen LogP contribution in [0.5, 0.6) is 0 Å². The van der Waals surface area contributed by atoms with E-state index in [-0.39, 0.29) is 16.2 Å². The molecule has 7 rings (SSSR count). The van der Waals surface area contributed by atoms with Gasteiger partial charge in [0.2, 0.25) is 0 Å². The lowest BCUT2D eigenvalue weighted by Gasteiger charge is -2.46. The maximum absolute atomic E-state index is 14.2. The lowest BCUT2D eigenvalue weighted by atomic mass is 9.12. The molecule has 1 aliphatic carbocycles. The van der Waals surface area contributed by atoms with Crippen LogP contribution in [0, 0.1) is 10.8 Å². The van der Waals surface area contributed by atoms with Gasteiger partial charge in [0.05, 0.1) is 61.0 Å². The third-order valence-electron chi connectivity index (χ3n) is 13.6. The molecule has 0 heterocycles. The van der Waals surface area contributed by atoms with Crippen LogP contribution in [0.2, 0.25) is 0 Å². The number of benzene rings is 6. The summed E-state index contributed by atoms with van der Waals surface area (Å²) in [5.41, 5.74) is -23.8. The fraction of sp³-hybridized carbons (Fsp3) is 0.283. The van der Waals surface area contributed by atoms with E-state index in [1.165, 1.54) is 16.7 Å². The first-order valence-corrected chi connectivity index (χ1v) is 26.2. The molecule has 1 aliphatic rings. The van der Waals surface area contributed by atoms with Crippen molar-refractivity contribution in [3.8, 4) is 0 Å². The number of ketones is 1. The second-order valence-electron chi connectivity index (χ2n) is 21.9. The lowest BCUT2D eigenvalue weighted by molar-refractivity contribution is -0.144. The van der Waals surface area contributed by atoms with Crippen LogP contribution in [-0.2, 0) is 49.4 Å². The molecule has 1 nitrogen and oxygen atoms in total. The maximum Gasteiger partial charge on any atom is 0.416 e. The van der Waals surface area contributed by atoms with Crippen molar-refractivity contribution >= 4 is 62.6 Å². The number of hydrogen-bond acceptors (Lipinski definition) is 0. The Morgan fingerprint density at radius 2 is 0.511 bits per heavy atom. The number of halogens is 26. The molecular formula is C60H45BCl2F24O. The zero-order chi connectivity index (χ0) is 67.1. The van der Waals surface area contributed by atoms with E-state index in [1.54, 1.807) is 0 Å². The second kappa shape index (κ2) is 25.2. The Morgan fingerprint density at radius 3 is 0.670 bits per heavy atom. The van der Waals surface area contributed by atoms with Crippen molar-refractivity contribution in [2.24, 2.45) is 10.8 Å². The first kappa shape index (κ1) is 71.9. The molecule has 0 bridgehead atoms. The molecule has 28 heteroatoms. The van der Waals surface area contributed by atoms with E-state index in [2.05, 4.69) is 102 Å². The van der Waals surface area contributed by atoms with E-state index in [9.17, 15) is 110 Å². The monoisotopic (exact) mass is 1320 g/mol. The standard InChI is InChI=1S/C32H12BF24.C27H30O.CH2Cl2/c34-25(35,36)13-1-14(26(37,38)39)6-21(5-13)33(22-7-15(27(40,41)42)2-16(8-22)28(43,44)45,23-9-17(29(46,47)48)3-18(10-23)30(49,50)51)24-11-19(31(52,53)54)4-20(12-24)32(55,56)57;1-26(2,3)22-17-21(18-23(25(22)28)27(4,5)6)24(19-13-9-7-10-14-19)20-15-11-8-12-16-20;2-1-3/h1-12H;7-18H,1-6H3;1H2/q-1;;/p+1. The molecular weight excluding hydrogens is 1270 g/mol. The summed E-state index contributed by atoms with van der Waals surface area (Å²) in [7, 11) is 0. The molecule has 0 amide bonds. The summed E-state index contributed by atoms with van der Waals surface area (Å²) < 4.78 is 341.